The highest BCUT2D eigenvalue weighted by Crippen LogP contribution is 2.34. The van der Waals surface area contributed by atoms with Gasteiger partial charge in [0.05, 0.1) is 16.2 Å². The molecule has 0 spiro atoms. The first-order valence-electron chi connectivity index (χ1n) is 5.51. The van der Waals surface area contributed by atoms with Gasteiger partial charge in [-0.15, -0.1) is 0 Å². The number of ketones is 1. The molecule has 1 aliphatic carbocycles. The van der Waals surface area contributed by atoms with Gasteiger partial charge in [0.2, 0.25) is 0 Å². The Hall–Kier alpha value is -1.28. The molecule has 1 heterocycles. The van der Waals surface area contributed by atoms with Crippen LogP contribution in [0.15, 0.2) is 12.1 Å². The molecule has 0 saturated heterocycles. The Kier molecular flexibility index (Phi) is 2.08. The van der Waals surface area contributed by atoms with Crippen LogP contribution in [0.3, 0.4) is 0 Å². The van der Waals surface area contributed by atoms with Gasteiger partial charge in [0, 0.05) is 11.8 Å². The van der Waals surface area contributed by atoms with Crippen LogP contribution in [-0.4, -0.2) is 10.8 Å². The van der Waals surface area contributed by atoms with Crippen molar-refractivity contribution in [3.8, 4) is 0 Å². The number of Topliss-reactive ketones (excluding diaryl/α,β-unsaturated/α-hetero) is 1. The summed E-state index contributed by atoms with van der Waals surface area (Å²) in [6, 6.07) is 4.07. The highest BCUT2D eigenvalue weighted by Gasteiger charge is 2.22. The van der Waals surface area contributed by atoms with Crippen LogP contribution < -0.4 is 0 Å². The maximum absolute atomic E-state index is 11.8. The lowest BCUT2D eigenvalue weighted by Gasteiger charge is -2.09. The molecule has 3 heteroatoms. The molecule has 1 N–H and O–H groups in total. The molecule has 1 aromatic carbocycles. The number of aromatic amines is 1. The smallest absolute Gasteiger partial charge is 0.179 e. The summed E-state index contributed by atoms with van der Waals surface area (Å²) in [4.78, 5) is 15.0. The zero-order valence-corrected chi connectivity index (χ0v) is 9.82. The molecular formula is C13H12ClNO. The monoisotopic (exact) mass is 233 g/mol. The molecule has 0 radical (unpaired) electrons. The van der Waals surface area contributed by atoms with Crippen LogP contribution in [0.4, 0.5) is 0 Å². The lowest BCUT2D eigenvalue weighted by Crippen LogP contribution is -2.09. The van der Waals surface area contributed by atoms with Gasteiger partial charge in [0.15, 0.2) is 5.78 Å². The molecule has 2 nitrogen and oxygen atoms in total. The maximum atomic E-state index is 11.8. The summed E-state index contributed by atoms with van der Waals surface area (Å²) in [5, 5.41) is 1.85. The largest absolute Gasteiger partial charge is 0.351 e. The van der Waals surface area contributed by atoms with Gasteiger partial charge in [-0.05, 0) is 30.9 Å². The summed E-state index contributed by atoms with van der Waals surface area (Å²) in [5.41, 5.74) is 3.88. The Morgan fingerprint density at radius 3 is 2.94 bits per heavy atom. The summed E-state index contributed by atoms with van der Waals surface area (Å²) < 4.78 is 0. The van der Waals surface area contributed by atoms with Gasteiger partial charge >= 0.3 is 0 Å². The Labute approximate surface area is 98.6 Å². The zero-order chi connectivity index (χ0) is 11.3. The van der Waals surface area contributed by atoms with Crippen LogP contribution in [0.5, 0.6) is 0 Å². The molecule has 1 aliphatic rings. The van der Waals surface area contributed by atoms with E-state index in [9.17, 15) is 4.79 Å². The third kappa shape index (κ3) is 1.23. The van der Waals surface area contributed by atoms with E-state index in [1.807, 2.05) is 13.0 Å². The predicted molar refractivity (Wildman–Crippen MR) is 65.3 cm³/mol. The molecule has 0 saturated carbocycles. The van der Waals surface area contributed by atoms with Crippen molar-refractivity contribution in [1.82, 2.24) is 4.98 Å². The van der Waals surface area contributed by atoms with Gasteiger partial charge in [0.1, 0.15) is 0 Å². The SMILES string of the molecule is Cc1ccc2c3c([nH]c2c1Cl)C(=O)CCC3. The Bertz CT molecular complexity index is 597. The van der Waals surface area contributed by atoms with E-state index in [0.717, 1.165) is 45.6 Å². The van der Waals surface area contributed by atoms with Crippen LogP contribution in [0, 0.1) is 6.92 Å². The fraction of sp³-hybridized carbons (Fsp3) is 0.308. The van der Waals surface area contributed by atoms with Crippen molar-refractivity contribution in [2.75, 3.05) is 0 Å². The lowest BCUT2D eigenvalue weighted by atomic mass is 9.94. The second kappa shape index (κ2) is 3.36. The van der Waals surface area contributed by atoms with Crippen LogP contribution in [0.2, 0.25) is 5.02 Å². The summed E-state index contributed by atoms with van der Waals surface area (Å²) in [7, 11) is 0. The molecule has 0 atom stereocenters. The van der Waals surface area contributed by atoms with Gasteiger partial charge in [-0.2, -0.15) is 0 Å². The van der Waals surface area contributed by atoms with Crippen molar-refractivity contribution < 1.29 is 4.79 Å². The molecular weight excluding hydrogens is 222 g/mol. The molecule has 16 heavy (non-hydrogen) atoms. The second-order valence-electron chi connectivity index (χ2n) is 4.37. The minimum atomic E-state index is 0.214. The van der Waals surface area contributed by atoms with Gasteiger partial charge < -0.3 is 4.98 Å². The number of halogens is 1. The maximum Gasteiger partial charge on any atom is 0.179 e. The van der Waals surface area contributed by atoms with E-state index in [1.165, 1.54) is 0 Å². The highest BCUT2D eigenvalue weighted by molar-refractivity contribution is 6.36. The quantitative estimate of drug-likeness (QED) is 0.740. The van der Waals surface area contributed by atoms with Crippen LogP contribution in [-0.2, 0) is 6.42 Å². The number of aromatic nitrogens is 1. The number of fused-ring (bicyclic) bond motifs is 3. The Morgan fingerprint density at radius 1 is 1.31 bits per heavy atom. The van der Waals surface area contributed by atoms with Crippen molar-refractivity contribution in [3.05, 3.63) is 34.0 Å². The van der Waals surface area contributed by atoms with Crippen LogP contribution >= 0.6 is 11.6 Å². The van der Waals surface area contributed by atoms with Crippen molar-refractivity contribution in [2.45, 2.75) is 26.2 Å². The number of carbonyl (C=O) groups is 1. The standard InChI is InChI=1S/C13H12ClNO/c1-7-5-6-9-8-3-2-4-10(16)12(8)15-13(9)11(7)14/h5-6,15H,2-4H2,1H3. The Balaban J connectivity index is 2.40. The molecule has 0 bridgehead atoms. The van der Waals surface area contributed by atoms with Gasteiger partial charge in [-0.1, -0.05) is 23.7 Å². The van der Waals surface area contributed by atoms with E-state index in [4.69, 9.17) is 11.6 Å². The van der Waals surface area contributed by atoms with Gasteiger partial charge in [0.25, 0.3) is 0 Å². The normalized spacial score (nSPS) is 15.5. The first kappa shape index (κ1) is 9.91. The van der Waals surface area contributed by atoms with Crippen molar-refractivity contribution in [1.29, 1.82) is 0 Å². The number of aryl methyl sites for hydroxylation is 2. The number of carbonyl (C=O) groups excluding carboxylic acids is 1. The number of H-pyrrole nitrogens is 1. The van der Waals surface area contributed by atoms with Crippen molar-refractivity contribution in [3.63, 3.8) is 0 Å². The fourth-order valence-electron chi connectivity index (χ4n) is 2.44. The number of nitrogens with one attached hydrogen (secondary N) is 1. The summed E-state index contributed by atoms with van der Waals surface area (Å²) in [6.45, 7) is 1.98. The van der Waals surface area contributed by atoms with E-state index in [0.29, 0.717) is 6.42 Å². The molecule has 82 valence electrons. The minimum Gasteiger partial charge on any atom is -0.351 e. The van der Waals surface area contributed by atoms with E-state index < -0.39 is 0 Å². The van der Waals surface area contributed by atoms with E-state index >= 15 is 0 Å². The average Bonchev–Trinajstić information content (AvgIpc) is 2.65. The van der Waals surface area contributed by atoms with Gasteiger partial charge in [-0.25, -0.2) is 0 Å². The third-order valence-corrected chi connectivity index (χ3v) is 3.81. The second-order valence-corrected chi connectivity index (χ2v) is 4.75. The third-order valence-electron chi connectivity index (χ3n) is 3.32. The molecule has 0 amide bonds. The number of rotatable bonds is 0. The zero-order valence-electron chi connectivity index (χ0n) is 9.06. The fourth-order valence-corrected chi connectivity index (χ4v) is 2.65. The molecule has 0 fully saturated rings. The van der Waals surface area contributed by atoms with Crippen LogP contribution in [0.1, 0.15) is 34.5 Å². The average molecular weight is 234 g/mol. The topological polar surface area (TPSA) is 32.9 Å². The number of hydrogen-bond donors (Lipinski definition) is 1. The van der Waals surface area contributed by atoms with Crippen molar-refractivity contribution >= 4 is 28.3 Å². The molecule has 3 rings (SSSR count). The molecule has 0 aliphatic heterocycles. The Morgan fingerprint density at radius 2 is 2.12 bits per heavy atom. The molecule has 2 aromatic rings. The first-order valence-corrected chi connectivity index (χ1v) is 5.89. The summed E-state index contributed by atoms with van der Waals surface area (Å²) in [5.74, 6) is 0.214. The van der Waals surface area contributed by atoms with Crippen LogP contribution in [0.25, 0.3) is 10.9 Å². The molecule has 0 unspecified atom stereocenters. The van der Waals surface area contributed by atoms with E-state index in [-0.39, 0.29) is 5.78 Å². The lowest BCUT2D eigenvalue weighted by molar-refractivity contribution is 0.0968. The summed E-state index contributed by atoms with van der Waals surface area (Å²) >= 11 is 6.25. The van der Waals surface area contributed by atoms with E-state index in [1.54, 1.807) is 0 Å². The van der Waals surface area contributed by atoms with Crippen molar-refractivity contribution in [2.24, 2.45) is 0 Å². The minimum absolute atomic E-state index is 0.214. The highest BCUT2D eigenvalue weighted by atomic mass is 35.5. The van der Waals surface area contributed by atoms with E-state index in [2.05, 4.69) is 11.1 Å². The first-order chi connectivity index (χ1) is 7.68. The number of hydrogen-bond acceptors (Lipinski definition) is 1. The molecule has 1 aromatic heterocycles. The number of benzene rings is 1. The van der Waals surface area contributed by atoms with Gasteiger partial charge in [-0.3, -0.25) is 4.79 Å². The summed E-state index contributed by atoms with van der Waals surface area (Å²) in [6.07, 6.45) is 2.57. The predicted octanol–water partition coefficient (Wildman–Crippen LogP) is 3.65.